The van der Waals surface area contributed by atoms with E-state index in [-0.39, 0.29) is 17.2 Å². The Hall–Kier alpha value is -3.24. The predicted octanol–water partition coefficient (Wildman–Crippen LogP) is 3.73. The van der Waals surface area contributed by atoms with E-state index in [1.54, 1.807) is 27.7 Å². The summed E-state index contributed by atoms with van der Waals surface area (Å²) in [5, 5.41) is 2.28. The fraction of sp³-hybridized carbons (Fsp3) is 0.478. The Morgan fingerprint density at radius 1 is 1.12 bits per heavy atom. The topological polar surface area (TPSA) is 94.5 Å². The van der Waals surface area contributed by atoms with Crippen LogP contribution in [0.1, 0.15) is 52.1 Å². The summed E-state index contributed by atoms with van der Waals surface area (Å²) in [7, 11) is 0. The Morgan fingerprint density at radius 3 is 2.29 bits per heavy atom. The Bertz CT molecular complexity index is 1130. The lowest BCUT2D eigenvalue weighted by Gasteiger charge is -2.24. The number of aromatic nitrogens is 1. The molecule has 0 saturated carbocycles. The molecule has 34 heavy (non-hydrogen) atoms. The lowest BCUT2D eigenvalue weighted by atomic mass is 10.1. The van der Waals surface area contributed by atoms with Crippen LogP contribution in [0.15, 0.2) is 35.3 Å². The quantitative estimate of drug-likeness (QED) is 0.453. The zero-order valence-electron chi connectivity index (χ0n) is 19.2. The minimum Gasteiger partial charge on any atom is -0.460 e. The monoisotopic (exact) mass is 486 g/mol. The normalized spacial score (nSPS) is 13.9. The number of ketones is 1. The summed E-state index contributed by atoms with van der Waals surface area (Å²) in [4.78, 5) is 49.9. The number of carbonyl (C=O) groups excluding carboxylic acids is 3. The smallest absolute Gasteiger partial charge is 0.416 e. The zero-order chi connectivity index (χ0) is 25.8. The number of nitrogens with zero attached hydrogens (tertiary/aromatic N) is 1. The van der Waals surface area contributed by atoms with E-state index in [0.717, 1.165) is 16.7 Å². The van der Waals surface area contributed by atoms with Crippen molar-refractivity contribution in [2.45, 2.75) is 64.4 Å². The zero-order valence-corrected chi connectivity index (χ0v) is 19.2. The Kier molecular flexibility index (Phi) is 8.22. The third-order valence-electron chi connectivity index (χ3n) is 4.91. The van der Waals surface area contributed by atoms with Gasteiger partial charge in [0.15, 0.2) is 5.78 Å². The van der Waals surface area contributed by atoms with Crippen LogP contribution in [-0.2, 0) is 25.3 Å². The molecule has 2 rings (SSSR count). The van der Waals surface area contributed by atoms with Gasteiger partial charge < -0.3 is 14.6 Å². The maximum absolute atomic E-state index is 13.1. The van der Waals surface area contributed by atoms with Gasteiger partial charge in [-0.3, -0.25) is 19.2 Å². The average Bonchev–Trinajstić information content (AvgIpc) is 2.72. The number of hydrogen-bond acceptors (Lipinski definition) is 5. The highest BCUT2D eigenvalue weighted by atomic mass is 19.4. The van der Waals surface area contributed by atoms with Gasteiger partial charge in [-0.05, 0) is 50.8 Å². The van der Waals surface area contributed by atoms with E-state index in [1.165, 1.54) is 12.3 Å². The number of benzene rings is 1. The van der Waals surface area contributed by atoms with Crippen LogP contribution in [0.2, 0.25) is 0 Å². The maximum Gasteiger partial charge on any atom is 0.416 e. The summed E-state index contributed by atoms with van der Waals surface area (Å²) >= 11 is 0. The molecule has 1 amide bonds. The van der Waals surface area contributed by atoms with Gasteiger partial charge in [0.05, 0.1) is 12.0 Å². The first-order chi connectivity index (χ1) is 15.7. The van der Waals surface area contributed by atoms with Gasteiger partial charge >= 0.3 is 12.1 Å². The van der Waals surface area contributed by atoms with Crippen LogP contribution in [0.5, 0.6) is 0 Å². The molecule has 0 aliphatic rings. The van der Waals surface area contributed by atoms with Gasteiger partial charge in [0.1, 0.15) is 24.4 Å². The minimum absolute atomic E-state index is 0.0270. The number of alkyl halides is 4. The number of rotatable bonds is 8. The highest BCUT2D eigenvalue weighted by Gasteiger charge is 2.32. The first kappa shape index (κ1) is 27.0. The number of carbonyl (C=O) groups is 3. The van der Waals surface area contributed by atoms with Gasteiger partial charge in [-0.1, -0.05) is 13.0 Å². The fourth-order valence-corrected chi connectivity index (χ4v) is 3.34. The second-order valence-corrected chi connectivity index (χ2v) is 8.70. The number of Topliss-reactive ketones (excluding diaryl/α,β-unsaturated/α-hetero) is 1. The molecule has 0 aliphatic carbocycles. The first-order valence-electron chi connectivity index (χ1n) is 10.5. The summed E-state index contributed by atoms with van der Waals surface area (Å²) in [6.45, 7) is 4.89. The molecule has 2 unspecified atom stereocenters. The third-order valence-corrected chi connectivity index (χ3v) is 4.91. The van der Waals surface area contributed by atoms with Crippen molar-refractivity contribution in [1.29, 1.82) is 0 Å². The molecule has 1 aromatic heterocycles. The van der Waals surface area contributed by atoms with E-state index in [4.69, 9.17) is 4.74 Å². The van der Waals surface area contributed by atoms with E-state index >= 15 is 0 Å². The minimum atomic E-state index is -4.66. The van der Waals surface area contributed by atoms with E-state index in [2.05, 4.69) is 5.32 Å². The van der Waals surface area contributed by atoms with Crippen LogP contribution in [0.3, 0.4) is 0 Å². The molecule has 0 saturated heterocycles. The predicted molar refractivity (Wildman–Crippen MR) is 116 cm³/mol. The van der Waals surface area contributed by atoms with Gasteiger partial charge in [-0.25, -0.2) is 4.39 Å². The maximum atomic E-state index is 13.1. The first-order valence-corrected chi connectivity index (χ1v) is 10.5. The number of pyridine rings is 1. The van der Waals surface area contributed by atoms with Gasteiger partial charge in [-0.15, -0.1) is 0 Å². The van der Waals surface area contributed by atoms with E-state index in [1.807, 2.05) is 0 Å². The van der Waals surface area contributed by atoms with Crippen molar-refractivity contribution in [2.75, 3.05) is 6.67 Å². The van der Waals surface area contributed by atoms with Crippen LogP contribution in [0.4, 0.5) is 17.6 Å². The van der Waals surface area contributed by atoms with Crippen molar-refractivity contribution in [3.05, 3.63) is 46.4 Å². The molecule has 0 bridgehead atoms. The number of ether oxygens (including phenoxy) is 1. The van der Waals surface area contributed by atoms with Gasteiger partial charge in [0.2, 0.25) is 5.91 Å². The molecule has 0 fully saturated rings. The lowest BCUT2D eigenvalue weighted by molar-refractivity contribution is -0.156. The average molecular weight is 486 g/mol. The van der Waals surface area contributed by atoms with Gasteiger partial charge in [0, 0.05) is 11.6 Å². The highest BCUT2D eigenvalue weighted by molar-refractivity contribution is 5.94. The molecule has 1 N–H and O–H groups in total. The van der Waals surface area contributed by atoms with Crippen molar-refractivity contribution in [3.63, 3.8) is 0 Å². The molecule has 1 aromatic carbocycles. The number of esters is 1. The second kappa shape index (κ2) is 10.4. The van der Waals surface area contributed by atoms with Crippen LogP contribution >= 0.6 is 0 Å². The fourth-order valence-electron chi connectivity index (χ4n) is 3.34. The van der Waals surface area contributed by atoms with Crippen LogP contribution in [0.25, 0.3) is 10.8 Å². The van der Waals surface area contributed by atoms with Crippen molar-refractivity contribution < 1.29 is 36.7 Å². The van der Waals surface area contributed by atoms with E-state index in [9.17, 15) is 36.7 Å². The summed E-state index contributed by atoms with van der Waals surface area (Å²) in [6.07, 6.45) is -4.00. The van der Waals surface area contributed by atoms with Crippen LogP contribution < -0.4 is 10.9 Å². The molecule has 186 valence electrons. The Balaban J connectivity index is 2.37. The van der Waals surface area contributed by atoms with Crippen LogP contribution in [0, 0.1) is 0 Å². The number of amides is 1. The molecule has 2 atom stereocenters. The van der Waals surface area contributed by atoms with Crippen molar-refractivity contribution in [3.8, 4) is 0 Å². The molecule has 0 spiro atoms. The number of hydrogen-bond donors (Lipinski definition) is 1. The van der Waals surface area contributed by atoms with Crippen molar-refractivity contribution >= 4 is 28.4 Å². The molecule has 2 aromatic rings. The van der Waals surface area contributed by atoms with Crippen molar-refractivity contribution in [2.24, 2.45) is 0 Å². The Labute approximate surface area is 193 Å². The number of halogens is 4. The largest absolute Gasteiger partial charge is 0.460 e. The molecule has 1 heterocycles. The molecular formula is C23H26F4N2O5. The Morgan fingerprint density at radius 2 is 1.76 bits per heavy atom. The van der Waals surface area contributed by atoms with Gasteiger partial charge in [0.25, 0.3) is 5.56 Å². The van der Waals surface area contributed by atoms with E-state index in [0.29, 0.717) is 6.07 Å². The van der Waals surface area contributed by atoms with Crippen molar-refractivity contribution in [1.82, 2.24) is 9.88 Å². The highest BCUT2D eigenvalue weighted by Crippen LogP contribution is 2.30. The second-order valence-electron chi connectivity index (χ2n) is 8.70. The third kappa shape index (κ3) is 6.64. The standard InChI is InChI=1S/C23H26F4N2O5/c1-5-17(20(32)28-16(18(30)12-24)11-19(31)34-22(2,3)4)29-9-8-13-6-7-14(23(25,26)27)10-15(13)21(29)33/h6-10,16-17H,5,11-12H2,1-4H3,(H,28,32). The molecule has 0 aliphatic heterocycles. The van der Waals surface area contributed by atoms with Crippen LogP contribution in [-0.4, -0.2) is 40.5 Å². The van der Waals surface area contributed by atoms with E-state index < -0.39 is 65.7 Å². The lowest BCUT2D eigenvalue weighted by Crippen LogP contribution is -2.47. The summed E-state index contributed by atoms with van der Waals surface area (Å²) in [5.74, 6) is -2.77. The van der Waals surface area contributed by atoms with Gasteiger partial charge in [-0.2, -0.15) is 13.2 Å². The molecular weight excluding hydrogens is 460 g/mol. The SMILES string of the molecule is CCC(C(=O)NC(CC(=O)OC(C)(C)C)C(=O)CF)n1ccc2ccc(C(F)(F)F)cc2c1=O. The summed E-state index contributed by atoms with van der Waals surface area (Å²) in [5.41, 5.74) is -2.73. The number of nitrogens with one attached hydrogen (secondary N) is 1. The summed E-state index contributed by atoms with van der Waals surface area (Å²) in [6, 6.07) is 1.34. The molecule has 7 nitrogen and oxygen atoms in total. The molecule has 11 heteroatoms. The summed E-state index contributed by atoms with van der Waals surface area (Å²) < 4.78 is 58.4. The number of fused-ring (bicyclic) bond motifs is 1. The molecule has 0 radical (unpaired) electrons.